The quantitative estimate of drug-likeness (QED) is 0.803. The van der Waals surface area contributed by atoms with E-state index in [9.17, 15) is 9.59 Å². The number of ketones is 1. The number of aryl methyl sites for hydroxylation is 1. The molecule has 1 aliphatic rings. The third kappa shape index (κ3) is 2.35. The molecule has 0 aliphatic carbocycles. The van der Waals surface area contributed by atoms with Crippen LogP contribution in [0, 0.1) is 6.92 Å². The highest BCUT2D eigenvalue weighted by atomic mass is 35.5. The molecule has 2 aromatic rings. The molecular formula is C14H10Cl2N2O2S. The maximum absolute atomic E-state index is 12.2. The highest BCUT2D eigenvalue weighted by molar-refractivity contribution is 7.09. The van der Waals surface area contributed by atoms with E-state index < -0.39 is 11.7 Å². The number of fused-ring (bicyclic) bond motifs is 1. The lowest BCUT2D eigenvalue weighted by Crippen LogP contribution is -2.31. The van der Waals surface area contributed by atoms with Gasteiger partial charge in [0, 0.05) is 17.8 Å². The van der Waals surface area contributed by atoms with Crippen molar-refractivity contribution in [2.24, 2.45) is 0 Å². The number of amides is 1. The molecule has 1 amide bonds. The van der Waals surface area contributed by atoms with Crippen LogP contribution in [0.2, 0.25) is 10.0 Å². The number of hydrogen-bond donors (Lipinski definition) is 0. The molecule has 0 radical (unpaired) electrons. The molecule has 1 aliphatic heterocycles. The molecule has 2 heterocycles. The van der Waals surface area contributed by atoms with Crippen molar-refractivity contribution < 1.29 is 9.59 Å². The fourth-order valence-electron chi connectivity index (χ4n) is 2.34. The van der Waals surface area contributed by atoms with Gasteiger partial charge in [0.15, 0.2) is 0 Å². The molecule has 108 valence electrons. The number of Topliss-reactive ketones (excluding diaryl/α,β-unsaturated/α-hetero) is 1. The minimum atomic E-state index is -0.599. The Bertz CT molecular complexity index is 757. The van der Waals surface area contributed by atoms with Gasteiger partial charge < -0.3 is 4.90 Å². The second-order valence-corrected chi connectivity index (χ2v) is 6.40. The largest absolute Gasteiger partial charge is 0.303 e. The minimum absolute atomic E-state index is 0.204. The van der Waals surface area contributed by atoms with Crippen molar-refractivity contribution in [3.8, 4) is 0 Å². The van der Waals surface area contributed by atoms with Gasteiger partial charge in [0.1, 0.15) is 0 Å². The van der Waals surface area contributed by atoms with E-state index in [-0.39, 0.29) is 10.6 Å². The van der Waals surface area contributed by atoms with Gasteiger partial charge in [-0.25, -0.2) is 4.98 Å². The summed E-state index contributed by atoms with van der Waals surface area (Å²) in [5, 5.41) is 0.610. The maximum Gasteiger partial charge on any atom is 0.299 e. The van der Waals surface area contributed by atoms with Gasteiger partial charge in [0.25, 0.3) is 11.7 Å². The molecule has 0 bridgehead atoms. The molecule has 1 aromatic heterocycles. The van der Waals surface area contributed by atoms with Gasteiger partial charge in [-0.3, -0.25) is 9.59 Å². The average molecular weight is 341 g/mol. The van der Waals surface area contributed by atoms with Crippen LogP contribution in [-0.4, -0.2) is 23.2 Å². The zero-order valence-corrected chi connectivity index (χ0v) is 13.3. The lowest BCUT2D eigenvalue weighted by Gasteiger charge is -2.17. The van der Waals surface area contributed by atoms with Crippen LogP contribution in [-0.2, 0) is 11.2 Å². The predicted molar refractivity (Wildman–Crippen MR) is 83.7 cm³/mol. The number of halogens is 2. The first-order valence-electron chi connectivity index (χ1n) is 6.24. The van der Waals surface area contributed by atoms with Crippen LogP contribution >= 0.6 is 34.5 Å². The Hall–Kier alpha value is -1.43. The van der Waals surface area contributed by atoms with Crippen LogP contribution in [0.25, 0.3) is 0 Å². The van der Waals surface area contributed by atoms with Crippen molar-refractivity contribution in [2.45, 2.75) is 13.3 Å². The molecule has 0 unspecified atom stereocenters. The second kappa shape index (κ2) is 5.40. The van der Waals surface area contributed by atoms with Crippen molar-refractivity contribution in [3.63, 3.8) is 0 Å². The number of thiazole rings is 1. The van der Waals surface area contributed by atoms with E-state index in [0.29, 0.717) is 23.7 Å². The number of aromatic nitrogens is 1. The van der Waals surface area contributed by atoms with Gasteiger partial charge in [-0.15, -0.1) is 11.3 Å². The first-order chi connectivity index (χ1) is 10.0. The van der Waals surface area contributed by atoms with Crippen molar-refractivity contribution >= 4 is 51.9 Å². The number of anilines is 1. The number of nitrogens with zero attached hydrogens (tertiary/aromatic N) is 2. The molecule has 0 saturated carbocycles. The summed E-state index contributed by atoms with van der Waals surface area (Å²) in [6.07, 6.45) is 0.623. The number of carbonyl (C=O) groups is 2. The van der Waals surface area contributed by atoms with Crippen LogP contribution in [0.4, 0.5) is 5.69 Å². The molecule has 0 fully saturated rings. The third-order valence-corrected chi connectivity index (χ3v) is 5.04. The summed E-state index contributed by atoms with van der Waals surface area (Å²) in [4.78, 5) is 30.9. The van der Waals surface area contributed by atoms with Gasteiger partial charge in [0.2, 0.25) is 0 Å². The molecule has 3 rings (SSSR count). The summed E-state index contributed by atoms with van der Waals surface area (Å²) in [7, 11) is 0. The number of rotatable bonds is 3. The van der Waals surface area contributed by atoms with Crippen LogP contribution in [0.3, 0.4) is 0 Å². The van der Waals surface area contributed by atoms with Crippen LogP contribution in [0.15, 0.2) is 17.6 Å². The summed E-state index contributed by atoms with van der Waals surface area (Å²) >= 11 is 13.7. The van der Waals surface area contributed by atoms with Gasteiger partial charge in [-0.05, 0) is 19.1 Å². The number of benzene rings is 1. The van der Waals surface area contributed by atoms with E-state index in [0.717, 1.165) is 10.6 Å². The molecular weight excluding hydrogens is 331 g/mol. The van der Waals surface area contributed by atoms with E-state index >= 15 is 0 Å². The van der Waals surface area contributed by atoms with E-state index in [1.54, 1.807) is 11.6 Å². The Morgan fingerprint density at radius 2 is 1.95 bits per heavy atom. The maximum atomic E-state index is 12.2. The lowest BCUT2D eigenvalue weighted by molar-refractivity contribution is -0.114. The van der Waals surface area contributed by atoms with Crippen LogP contribution < -0.4 is 4.90 Å². The molecule has 21 heavy (non-hydrogen) atoms. The molecule has 0 saturated heterocycles. The fraction of sp³-hybridized carbons (Fsp3) is 0.214. The van der Waals surface area contributed by atoms with Crippen LogP contribution in [0.5, 0.6) is 0 Å². The summed E-state index contributed by atoms with van der Waals surface area (Å²) < 4.78 is 0. The lowest BCUT2D eigenvalue weighted by atomic mass is 10.1. The summed E-state index contributed by atoms with van der Waals surface area (Å²) in [5.74, 6) is -1.18. The van der Waals surface area contributed by atoms with Crippen molar-refractivity contribution in [1.82, 2.24) is 4.98 Å². The topological polar surface area (TPSA) is 50.3 Å². The Balaban J connectivity index is 1.95. The Labute approximate surface area is 135 Å². The van der Waals surface area contributed by atoms with E-state index in [1.807, 2.05) is 6.92 Å². The summed E-state index contributed by atoms with van der Waals surface area (Å²) in [5.41, 5.74) is 3.33. The molecule has 0 atom stereocenters. The minimum Gasteiger partial charge on any atom is -0.303 e. The Morgan fingerprint density at radius 3 is 2.62 bits per heavy atom. The van der Waals surface area contributed by atoms with Crippen molar-refractivity contribution in [2.75, 3.05) is 11.4 Å². The smallest absolute Gasteiger partial charge is 0.299 e. The fourth-order valence-corrected chi connectivity index (χ4v) is 3.61. The predicted octanol–water partition coefficient (Wildman–Crippen LogP) is 3.53. The number of carbonyl (C=O) groups excluding carboxylic acids is 2. The zero-order chi connectivity index (χ0) is 15.1. The van der Waals surface area contributed by atoms with E-state index in [1.165, 1.54) is 22.3 Å². The van der Waals surface area contributed by atoms with E-state index in [2.05, 4.69) is 4.98 Å². The Morgan fingerprint density at radius 1 is 1.24 bits per heavy atom. The van der Waals surface area contributed by atoms with Crippen molar-refractivity contribution in [3.05, 3.63) is 43.8 Å². The second-order valence-electron chi connectivity index (χ2n) is 4.65. The normalized spacial score (nSPS) is 14.0. The molecule has 4 nitrogen and oxygen atoms in total. The standard InChI is InChI=1S/C14H10Cl2N2O2S/c1-7-10(21-6-17-7)4-5-18-12-9(16)3-2-8(15)11(12)13(19)14(18)20/h2-3,6H,4-5H2,1H3. The molecule has 0 spiro atoms. The van der Waals surface area contributed by atoms with Gasteiger partial charge >= 0.3 is 0 Å². The highest BCUT2D eigenvalue weighted by Crippen LogP contribution is 2.40. The van der Waals surface area contributed by atoms with Gasteiger partial charge in [-0.1, -0.05) is 23.2 Å². The molecule has 1 aromatic carbocycles. The molecule has 0 N–H and O–H groups in total. The zero-order valence-electron chi connectivity index (χ0n) is 11.0. The monoisotopic (exact) mass is 340 g/mol. The van der Waals surface area contributed by atoms with E-state index in [4.69, 9.17) is 23.2 Å². The first kappa shape index (κ1) is 14.5. The molecule has 7 heteroatoms. The average Bonchev–Trinajstić information content (AvgIpc) is 2.97. The van der Waals surface area contributed by atoms with Gasteiger partial charge in [-0.2, -0.15) is 0 Å². The third-order valence-electron chi connectivity index (χ3n) is 3.42. The first-order valence-corrected chi connectivity index (χ1v) is 7.87. The van der Waals surface area contributed by atoms with Gasteiger partial charge in [0.05, 0.1) is 32.5 Å². The SMILES string of the molecule is Cc1ncsc1CCN1C(=O)C(=O)c2c(Cl)ccc(Cl)c21. The summed E-state index contributed by atoms with van der Waals surface area (Å²) in [6, 6.07) is 3.13. The van der Waals surface area contributed by atoms with Crippen molar-refractivity contribution in [1.29, 1.82) is 0 Å². The Kier molecular flexibility index (Phi) is 3.73. The number of hydrogen-bond acceptors (Lipinski definition) is 4. The summed E-state index contributed by atoms with van der Waals surface area (Å²) in [6.45, 7) is 2.29. The highest BCUT2D eigenvalue weighted by Gasteiger charge is 2.39. The van der Waals surface area contributed by atoms with Crippen LogP contribution in [0.1, 0.15) is 20.9 Å².